The Bertz CT molecular complexity index is 1020. The molecule has 2 heterocycles. The van der Waals surface area contributed by atoms with Crippen molar-refractivity contribution in [3.05, 3.63) is 63.0 Å². The third-order valence-corrected chi connectivity index (χ3v) is 4.78. The first-order chi connectivity index (χ1) is 13.7. The van der Waals surface area contributed by atoms with Crippen molar-refractivity contribution < 1.29 is 22.4 Å². The Kier molecular flexibility index (Phi) is 6.58. The van der Waals surface area contributed by atoms with Crippen molar-refractivity contribution in [2.45, 2.75) is 25.9 Å². The molecule has 0 atom stereocenters. The number of halogens is 6. The molecule has 0 aliphatic carbocycles. The third kappa shape index (κ3) is 5.15. The molecular formula is C17H13BrClF4N5O. The molecule has 6 nitrogen and oxygen atoms in total. The van der Waals surface area contributed by atoms with Gasteiger partial charge in [0.1, 0.15) is 17.9 Å². The molecule has 0 fully saturated rings. The van der Waals surface area contributed by atoms with Crippen LogP contribution >= 0.6 is 27.5 Å². The largest absolute Gasteiger partial charge is 0.307 e. The fraction of sp³-hybridized carbons (Fsp3) is 0.235. The summed E-state index contributed by atoms with van der Waals surface area (Å²) < 4.78 is 54.0. The highest BCUT2D eigenvalue weighted by atomic mass is 79.9. The van der Waals surface area contributed by atoms with Crippen LogP contribution in [0, 0.1) is 0 Å². The number of aromatic nitrogens is 4. The van der Waals surface area contributed by atoms with Crippen LogP contribution in [-0.2, 0) is 17.9 Å². The number of carbonyl (C=O) groups is 1. The Morgan fingerprint density at radius 1 is 1.17 bits per heavy atom. The SMILES string of the molecule is O=C(Cn1nc(C(F)F)cc1C(F)F)Nc1nn(Cc2ccccc2Cl)cc1Br. The number of benzene rings is 1. The minimum Gasteiger partial charge on any atom is -0.307 e. The molecule has 0 saturated heterocycles. The van der Waals surface area contributed by atoms with Gasteiger partial charge in [-0.2, -0.15) is 10.2 Å². The van der Waals surface area contributed by atoms with Crippen LogP contribution in [0.4, 0.5) is 23.4 Å². The quantitative estimate of drug-likeness (QED) is 0.467. The molecule has 29 heavy (non-hydrogen) atoms. The molecule has 3 rings (SSSR count). The van der Waals surface area contributed by atoms with Crippen LogP contribution in [0.2, 0.25) is 5.02 Å². The van der Waals surface area contributed by atoms with Crippen molar-refractivity contribution in [3.63, 3.8) is 0 Å². The van der Waals surface area contributed by atoms with Gasteiger partial charge in [-0.1, -0.05) is 29.8 Å². The summed E-state index contributed by atoms with van der Waals surface area (Å²) >= 11 is 9.36. The lowest BCUT2D eigenvalue weighted by Gasteiger charge is -2.07. The van der Waals surface area contributed by atoms with E-state index in [2.05, 4.69) is 31.4 Å². The van der Waals surface area contributed by atoms with Gasteiger partial charge < -0.3 is 5.32 Å². The first-order valence-corrected chi connectivity index (χ1v) is 9.32. The van der Waals surface area contributed by atoms with E-state index >= 15 is 0 Å². The van der Waals surface area contributed by atoms with E-state index in [1.54, 1.807) is 18.3 Å². The number of rotatable bonds is 7. The molecule has 0 aliphatic rings. The predicted octanol–water partition coefficient (Wildman–Crippen LogP) is 5.06. The third-order valence-electron chi connectivity index (χ3n) is 3.84. The Hall–Kier alpha value is -2.40. The van der Waals surface area contributed by atoms with Gasteiger partial charge >= 0.3 is 0 Å². The van der Waals surface area contributed by atoms with E-state index in [1.807, 2.05) is 12.1 Å². The van der Waals surface area contributed by atoms with Gasteiger partial charge in [0.2, 0.25) is 5.91 Å². The Balaban J connectivity index is 1.72. The second kappa shape index (κ2) is 8.95. The number of nitrogens with zero attached hydrogens (tertiary/aromatic N) is 4. The van der Waals surface area contributed by atoms with Crippen LogP contribution in [0.25, 0.3) is 0 Å². The lowest BCUT2D eigenvalue weighted by atomic mass is 10.2. The van der Waals surface area contributed by atoms with Crippen LogP contribution in [0.15, 0.2) is 41.0 Å². The number of anilines is 1. The van der Waals surface area contributed by atoms with Crippen molar-refractivity contribution in [3.8, 4) is 0 Å². The molecule has 1 amide bonds. The number of carbonyl (C=O) groups excluding carboxylic acids is 1. The first kappa shape index (κ1) is 21.3. The summed E-state index contributed by atoms with van der Waals surface area (Å²) in [5.74, 6) is -0.610. The molecule has 0 saturated carbocycles. The van der Waals surface area contributed by atoms with E-state index in [0.717, 1.165) is 5.56 Å². The molecule has 0 spiro atoms. The number of alkyl halides is 4. The average molecular weight is 495 g/mol. The fourth-order valence-electron chi connectivity index (χ4n) is 2.53. The number of nitrogens with one attached hydrogen (secondary N) is 1. The highest BCUT2D eigenvalue weighted by Gasteiger charge is 2.23. The van der Waals surface area contributed by atoms with Crippen LogP contribution in [0.5, 0.6) is 0 Å². The number of amides is 1. The monoisotopic (exact) mass is 493 g/mol. The molecule has 154 valence electrons. The Morgan fingerprint density at radius 2 is 1.90 bits per heavy atom. The maximum atomic E-state index is 13.0. The van der Waals surface area contributed by atoms with Crippen LogP contribution < -0.4 is 5.32 Å². The van der Waals surface area contributed by atoms with E-state index in [-0.39, 0.29) is 5.82 Å². The van der Waals surface area contributed by atoms with Gasteiger partial charge in [0.25, 0.3) is 12.9 Å². The van der Waals surface area contributed by atoms with Crippen molar-refractivity contribution in [1.29, 1.82) is 0 Å². The topological polar surface area (TPSA) is 64.7 Å². The summed E-state index contributed by atoms with van der Waals surface area (Å²) in [5, 5.41) is 10.6. The summed E-state index contributed by atoms with van der Waals surface area (Å²) in [5.41, 5.74) is -0.781. The predicted molar refractivity (Wildman–Crippen MR) is 101 cm³/mol. The number of hydrogen-bond donors (Lipinski definition) is 1. The average Bonchev–Trinajstić information content (AvgIpc) is 3.21. The molecule has 0 unspecified atom stereocenters. The molecule has 12 heteroatoms. The number of hydrogen-bond acceptors (Lipinski definition) is 3. The standard InChI is InChI=1S/C17H13BrClF4N5O/c18-10-7-27(6-9-3-1-2-4-11(9)19)26-17(10)24-14(29)8-28-13(16(22)23)5-12(25-28)15(20)21/h1-5,7,15-16H,6,8H2,(H,24,26,29). The van der Waals surface area contributed by atoms with E-state index in [1.165, 1.54) is 4.68 Å². The summed E-state index contributed by atoms with van der Waals surface area (Å²) in [6, 6.07) is 7.74. The molecule has 3 aromatic rings. The zero-order chi connectivity index (χ0) is 21.1. The fourth-order valence-corrected chi connectivity index (χ4v) is 3.14. The molecule has 0 bridgehead atoms. The first-order valence-electron chi connectivity index (χ1n) is 8.14. The molecule has 2 aromatic heterocycles. The van der Waals surface area contributed by atoms with Crippen LogP contribution in [0.1, 0.15) is 29.8 Å². The van der Waals surface area contributed by atoms with Crippen molar-refractivity contribution in [2.24, 2.45) is 0 Å². The van der Waals surface area contributed by atoms with Crippen LogP contribution in [-0.4, -0.2) is 25.5 Å². The minimum absolute atomic E-state index is 0.141. The van der Waals surface area contributed by atoms with Gasteiger partial charge in [-0.3, -0.25) is 14.2 Å². The van der Waals surface area contributed by atoms with E-state index < -0.39 is 36.7 Å². The lowest BCUT2D eigenvalue weighted by Crippen LogP contribution is -2.21. The highest BCUT2D eigenvalue weighted by Crippen LogP contribution is 2.26. The van der Waals surface area contributed by atoms with Crippen LogP contribution in [0.3, 0.4) is 0 Å². The van der Waals surface area contributed by atoms with Crippen molar-refractivity contribution >= 4 is 39.3 Å². The van der Waals surface area contributed by atoms with Crippen molar-refractivity contribution in [2.75, 3.05) is 5.32 Å². The summed E-state index contributed by atoms with van der Waals surface area (Å²) in [6.07, 6.45) is -4.47. The van der Waals surface area contributed by atoms with Gasteiger partial charge in [-0.05, 0) is 33.6 Å². The van der Waals surface area contributed by atoms with Gasteiger partial charge in [0.05, 0.1) is 11.0 Å². The second-order valence-electron chi connectivity index (χ2n) is 5.92. The maximum absolute atomic E-state index is 13.0. The Labute approximate surface area is 175 Å². The zero-order valence-electron chi connectivity index (χ0n) is 14.5. The normalized spacial score (nSPS) is 11.4. The Morgan fingerprint density at radius 3 is 2.55 bits per heavy atom. The highest BCUT2D eigenvalue weighted by molar-refractivity contribution is 9.10. The van der Waals surface area contributed by atoms with Crippen molar-refractivity contribution in [1.82, 2.24) is 19.6 Å². The van der Waals surface area contributed by atoms with Gasteiger partial charge in [-0.15, -0.1) is 0 Å². The zero-order valence-corrected chi connectivity index (χ0v) is 16.8. The van der Waals surface area contributed by atoms with E-state index in [0.29, 0.717) is 26.8 Å². The molecule has 0 radical (unpaired) electrons. The molecule has 0 aliphatic heterocycles. The minimum atomic E-state index is -3.05. The molecule has 1 aromatic carbocycles. The van der Waals surface area contributed by atoms with E-state index in [9.17, 15) is 22.4 Å². The molecule has 1 N–H and O–H groups in total. The second-order valence-corrected chi connectivity index (χ2v) is 7.18. The summed E-state index contributed by atoms with van der Waals surface area (Å²) in [4.78, 5) is 12.2. The lowest BCUT2D eigenvalue weighted by molar-refractivity contribution is -0.117. The molecular weight excluding hydrogens is 482 g/mol. The van der Waals surface area contributed by atoms with Gasteiger partial charge in [-0.25, -0.2) is 17.6 Å². The summed E-state index contributed by atoms with van der Waals surface area (Å²) in [7, 11) is 0. The maximum Gasteiger partial charge on any atom is 0.282 e. The smallest absolute Gasteiger partial charge is 0.282 e. The van der Waals surface area contributed by atoms with Gasteiger partial charge in [0.15, 0.2) is 5.82 Å². The van der Waals surface area contributed by atoms with Gasteiger partial charge in [0, 0.05) is 11.2 Å². The summed E-state index contributed by atoms with van der Waals surface area (Å²) in [6.45, 7) is -0.337. The van der Waals surface area contributed by atoms with E-state index in [4.69, 9.17) is 11.6 Å².